The molecule has 0 radical (unpaired) electrons. The molecule has 2 aromatic rings. The first-order valence-electron chi connectivity index (χ1n) is 5.74. The van der Waals surface area contributed by atoms with Crippen LogP contribution in [0.3, 0.4) is 0 Å². The van der Waals surface area contributed by atoms with Gasteiger partial charge >= 0.3 is 10.1 Å². The molecule has 0 aliphatic heterocycles. The Bertz CT molecular complexity index is 795. The van der Waals surface area contributed by atoms with Crippen LogP contribution in [0.1, 0.15) is 5.56 Å². The summed E-state index contributed by atoms with van der Waals surface area (Å²) in [5.74, 6) is -0.495. The summed E-state index contributed by atoms with van der Waals surface area (Å²) >= 11 is 0. The lowest BCUT2D eigenvalue weighted by Gasteiger charge is -2.10. The van der Waals surface area contributed by atoms with E-state index >= 15 is 0 Å². The van der Waals surface area contributed by atoms with Crippen molar-refractivity contribution in [2.75, 3.05) is 7.11 Å². The Balaban J connectivity index is 2.37. The number of benzene rings is 2. The zero-order chi connectivity index (χ0) is 15.5. The fourth-order valence-electron chi connectivity index (χ4n) is 1.57. The maximum absolute atomic E-state index is 12.8. The third kappa shape index (κ3) is 3.30. The number of methoxy groups -OCH3 is 1. The number of hydrogen-bond donors (Lipinski definition) is 0. The second-order valence-electron chi connectivity index (χ2n) is 3.97. The van der Waals surface area contributed by atoms with Crippen LogP contribution < -0.4 is 8.92 Å². The van der Waals surface area contributed by atoms with Crippen LogP contribution in [0.25, 0.3) is 0 Å². The lowest BCUT2D eigenvalue weighted by atomic mass is 10.2. The van der Waals surface area contributed by atoms with Gasteiger partial charge in [-0.2, -0.15) is 13.7 Å². The highest BCUT2D eigenvalue weighted by atomic mass is 32.2. The van der Waals surface area contributed by atoms with E-state index in [4.69, 9.17) is 14.2 Å². The van der Waals surface area contributed by atoms with E-state index in [9.17, 15) is 12.8 Å². The topological polar surface area (TPSA) is 76.4 Å². The summed E-state index contributed by atoms with van der Waals surface area (Å²) in [5, 5.41) is 8.78. The first-order valence-corrected chi connectivity index (χ1v) is 7.15. The molecule has 21 heavy (non-hydrogen) atoms. The fraction of sp³-hybridized carbons (Fsp3) is 0.0714. The first kappa shape index (κ1) is 14.8. The van der Waals surface area contributed by atoms with Crippen molar-refractivity contribution in [3.8, 4) is 17.6 Å². The minimum absolute atomic E-state index is 0.0548. The van der Waals surface area contributed by atoms with E-state index in [2.05, 4.69) is 0 Å². The maximum atomic E-state index is 12.8. The van der Waals surface area contributed by atoms with Crippen molar-refractivity contribution in [2.24, 2.45) is 0 Å². The molecule has 108 valence electrons. The molecule has 0 bridgehead atoms. The van der Waals surface area contributed by atoms with Crippen molar-refractivity contribution >= 4 is 10.1 Å². The quantitative estimate of drug-likeness (QED) is 0.811. The lowest BCUT2D eigenvalue weighted by Crippen LogP contribution is -2.10. The van der Waals surface area contributed by atoms with E-state index in [-0.39, 0.29) is 16.4 Å². The van der Waals surface area contributed by atoms with Gasteiger partial charge in [-0.15, -0.1) is 0 Å². The number of halogens is 1. The Kier molecular flexibility index (Phi) is 4.10. The highest BCUT2D eigenvalue weighted by molar-refractivity contribution is 7.87. The molecular weight excluding hydrogens is 297 g/mol. The van der Waals surface area contributed by atoms with Crippen molar-refractivity contribution < 1.29 is 21.7 Å². The molecule has 2 rings (SSSR count). The van der Waals surface area contributed by atoms with Crippen LogP contribution in [-0.4, -0.2) is 15.5 Å². The minimum atomic E-state index is -4.11. The molecule has 0 heterocycles. The van der Waals surface area contributed by atoms with Crippen molar-refractivity contribution in [3.05, 3.63) is 53.8 Å². The third-order valence-electron chi connectivity index (χ3n) is 2.59. The molecule has 0 atom stereocenters. The van der Waals surface area contributed by atoms with Crippen LogP contribution in [-0.2, 0) is 10.1 Å². The SMILES string of the molecule is COc1cc(C#N)ccc1OS(=O)(=O)c1ccc(F)cc1. The van der Waals surface area contributed by atoms with Crippen LogP contribution in [0.5, 0.6) is 11.5 Å². The predicted molar refractivity (Wildman–Crippen MR) is 71.9 cm³/mol. The van der Waals surface area contributed by atoms with E-state index in [1.54, 1.807) is 0 Å². The second-order valence-corrected chi connectivity index (χ2v) is 5.52. The van der Waals surface area contributed by atoms with Gasteiger partial charge in [-0.3, -0.25) is 0 Å². The fourth-order valence-corrected chi connectivity index (χ4v) is 2.51. The van der Waals surface area contributed by atoms with E-state index in [0.29, 0.717) is 5.56 Å². The van der Waals surface area contributed by atoms with Crippen molar-refractivity contribution in [3.63, 3.8) is 0 Å². The summed E-state index contributed by atoms with van der Waals surface area (Å²) in [6.07, 6.45) is 0. The van der Waals surface area contributed by atoms with Gasteiger partial charge in [0.25, 0.3) is 0 Å². The average Bonchev–Trinajstić information content (AvgIpc) is 2.47. The number of nitriles is 1. The molecule has 0 saturated carbocycles. The van der Waals surface area contributed by atoms with Gasteiger partial charge in [0.15, 0.2) is 11.5 Å². The number of ether oxygens (including phenoxy) is 1. The van der Waals surface area contributed by atoms with E-state index in [1.165, 1.54) is 25.3 Å². The monoisotopic (exact) mass is 307 g/mol. The zero-order valence-electron chi connectivity index (χ0n) is 10.9. The Morgan fingerprint density at radius 2 is 1.76 bits per heavy atom. The van der Waals surface area contributed by atoms with Crippen molar-refractivity contribution in [1.82, 2.24) is 0 Å². The largest absolute Gasteiger partial charge is 0.493 e. The number of nitrogens with zero attached hydrogens (tertiary/aromatic N) is 1. The van der Waals surface area contributed by atoms with Crippen molar-refractivity contribution in [1.29, 1.82) is 5.26 Å². The molecule has 7 heteroatoms. The van der Waals surface area contributed by atoms with Crippen LogP contribution >= 0.6 is 0 Å². The van der Waals surface area contributed by atoms with Gasteiger partial charge in [0.1, 0.15) is 10.7 Å². The standard InChI is InChI=1S/C14H10FNO4S/c1-19-14-8-10(9-16)2-7-13(14)20-21(17,18)12-5-3-11(15)4-6-12/h2-8H,1H3. The normalized spacial score (nSPS) is 10.7. The minimum Gasteiger partial charge on any atom is -0.493 e. The summed E-state index contributed by atoms with van der Waals surface area (Å²) in [5.41, 5.74) is 0.304. The summed E-state index contributed by atoms with van der Waals surface area (Å²) < 4.78 is 46.9. The summed E-state index contributed by atoms with van der Waals surface area (Å²) in [7, 11) is -2.78. The molecule has 0 spiro atoms. The van der Waals surface area contributed by atoms with Crippen molar-refractivity contribution in [2.45, 2.75) is 4.90 Å². The molecule has 5 nitrogen and oxygen atoms in total. The lowest BCUT2D eigenvalue weighted by molar-refractivity contribution is 0.390. The molecule has 2 aromatic carbocycles. The molecule has 0 unspecified atom stereocenters. The second kappa shape index (κ2) is 5.81. The molecule has 0 N–H and O–H groups in total. The van der Waals surface area contributed by atoms with Crippen LogP contribution in [0.4, 0.5) is 4.39 Å². The molecular formula is C14H10FNO4S. The zero-order valence-corrected chi connectivity index (χ0v) is 11.7. The molecule has 0 aliphatic carbocycles. The first-order chi connectivity index (χ1) is 9.96. The Labute approximate surface area is 121 Å². The molecule has 0 aromatic heterocycles. The van der Waals surface area contributed by atoms with E-state index in [0.717, 1.165) is 24.3 Å². The van der Waals surface area contributed by atoms with E-state index in [1.807, 2.05) is 6.07 Å². The third-order valence-corrected chi connectivity index (χ3v) is 3.84. The summed E-state index contributed by atoms with van der Waals surface area (Å²) in [6.45, 7) is 0. The Morgan fingerprint density at radius 3 is 2.33 bits per heavy atom. The van der Waals surface area contributed by atoms with Gasteiger partial charge in [0.2, 0.25) is 0 Å². The smallest absolute Gasteiger partial charge is 0.339 e. The molecule has 0 fully saturated rings. The number of rotatable bonds is 4. The molecule has 0 amide bonds. The van der Waals surface area contributed by atoms with Gasteiger partial charge in [0, 0.05) is 6.07 Å². The van der Waals surface area contributed by atoms with Crippen LogP contribution in [0.2, 0.25) is 0 Å². The Morgan fingerprint density at radius 1 is 1.10 bits per heavy atom. The molecule has 0 saturated heterocycles. The van der Waals surface area contributed by atoms with Crippen LogP contribution in [0.15, 0.2) is 47.4 Å². The highest BCUT2D eigenvalue weighted by Gasteiger charge is 2.19. The maximum Gasteiger partial charge on any atom is 0.339 e. The van der Waals surface area contributed by atoms with Gasteiger partial charge < -0.3 is 8.92 Å². The Hall–Kier alpha value is -2.59. The highest BCUT2D eigenvalue weighted by Crippen LogP contribution is 2.30. The predicted octanol–water partition coefficient (Wildman–Crippen LogP) is 2.47. The summed E-state index contributed by atoms with van der Waals surface area (Å²) in [6, 6.07) is 10.2. The van der Waals surface area contributed by atoms with Crippen LogP contribution in [0, 0.1) is 17.1 Å². The van der Waals surface area contributed by atoms with Gasteiger partial charge in [-0.05, 0) is 36.4 Å². The summed E-state index contributed by atoms with van der Waals surface area (Å²) in [4.78, 5) is -0.185. The average molecular weight is 307 g/mol. The van der Waals surface area contributed by atoms with Gasteiger partial charge in [0.05, 0.1) is 18.7 Å². The molecule has 0 aliphatic rings. The number of hydrogen-bond acceptors (Lipinski definition) is 5. The van der Waals surface area contributed by atoms with Gasteiger partial charge in [-0.25, -0.2) is 4.39 Å². The van der Waals surface area contributed by atoms with Gasteiger partial charge in [-0.1, -0.05) is 0 Å². The van der Waals surface area contributed by atoms with E-state index < -0.39 is 15.9 Å².